The van der Waals surface area contributed by atoms with E-state index in [1.54, 1.807) is 0 Å². The van der Waals surface area contributed by atoms with Gasteiger partial charge in [-0.1, -0.05) is 329 Å². The van der Waals surface area contributed by atoms with Gasteiger partial charge in [-0.2, -0.15) is 0 Å². The lowest BCUT2D eigenvalue weighted by Gasteiger charge is -2.21. The molecule has 16 nitrogen and oxygen atoms in total. The van der Waals surface area contributed by atoms with Crippen LogP contribution in [0.2, 0.25) is 0 Å². The molecule has 0 aliphatic rings. The zero-order valence-corrected chi connectivity index (χ0v) is 68.4. The SMILES string of the molecule is CCCC/C=C\CCCCCCCC(=O)OC(COC(=O)CCCCCCCCCCCCCCC/C=C\C/C=C\C/C=C\C/C=C\CCCCC)COP(=O)(O)OCC(O)COP(=O)(O)OCC(O)COC(=O)CCCCCCCCCCCCCCC/C=C\C/C=C\C/C=C\C/C=C\CCCCC. The number of unbranched alkanes of at least 4 members (excludes halogenated alkanes) is 39. The Kier molecular flexibility index (Phi) is 76.9. The standard InChI is InChI=1S/C87H154O16P2/c1-4-7-10-13-16-19-22-24-26-28-30-32-34-36-38-40-42-44-46-48-50-52-54-56-59-61-64-67-70-73-85(90)97-76-82(88)77-99-104(93,94)100-78-83(89)79-101-105(95,96)102-81-84(103-87(92)75-72-69-66-63-58-21-18-15-12-9-6-3)80-98-86(91)74-71-68-65-62-60-57-55-53-51-49-47-45-43-41-39-37-35-33-31-29-27-25-23-20-17-14-11-8-5-2/h15-20,24-27,30-33,36-39,82-84,88-89H,4-14,21-23,28-29,34-35,40-81H2,1-3H3,(H,93,94)(H,95,96)/b18-15-,19-16-,20-17-,26-24-,27-25-,32-30-,33-31-,38-36-,39-37-. The summed E-state index contributed by atoms with van der Waals surface area (Å²) in [5.41, 5.74) is 0. The molecule has 0 saturated heterocycles. The van der Waals surface area contributed by atoms with Crippen molar-refractivity contribution in [1.82, 2.24) is 0 Å². The Morgan fingerprint density at radius 2 is 0.486 bits per heavy atom. The topological polar surface area (TPSA) is 231 Å². The number of aliphatic hydroxyl groups excluding tert-OH is 2. The maximum Gasteiger partial charge on any atom is 0.472 e. The number of allylic oxidation sites excluding steroid dienone is 18. The van der Waals surface area contributed by atoms with E-state index in [4.69, 9.17) is 32.3 Å². The van der Waals surface area contributed by atoms with Crippen molar-refractivity contribution >= 4 is 33.6 Å². The number of ether oxygens (including phenoxy) is 3. The summed E-state index contributed by atoms with van der Waals surface area (Å²) in [4.78, 5) is 58.6. The zero-order valence-electron chi connectivity index (χ0n) is 66.6. The van der Waals surface area contributed by atoms with Gasteiger partial charge in [0, 0.05) is 19.3 Å². The molecule has 608 valence electrons. The van der Waals surface area contributed by atoms with Crippen molar-refractivity contribution in [2.45, 2.75) is 386 Å². The van der Waals surface area contributed by atoms with E-state index in [-0.39, 0.29) is 19.3 Å². The molecule has 0 heterocycles. The molecule has 0 fully saturated rings. The summed E-state index contributed by atoms with van der Waals surface area (Å²) >= 11 is 0. The summed E-state index contributed by atoms with van der Waals surface area (Å²) < 4.78 is 61.2. The lowest BCUT2D eigenvalue weighted by atomic mass is 10.0. The van der Waals surface area contributed by atoms with Crippen LogP contribution >= 0.6 is 15.6 Å². The Morgan fingerprint density at radius 3 is 0.790 bits per heavy atom. The van der Waals surface area contributed by atoms with Crippen LogP contribution in [0, 0.1) is 0 Å². The summed E-state index contributed by atoms with van der Waals surface area (Å²) in [5, 5.41) is 20.6. The predicted molar refractivity (Wildman–Crippen MR) is 436 cm³/mol. The Labute approximate surface area is 640 Å². The van der Waals surface area contributed by atoms with Crippen LogP contribution in [-0.2, 0) is 55.8 Å². The van der Waals surface area contributed by atoms with Gasteiger partial charge in [0.2, 0.25) is 0 Å². The van der Waals surface area contributed by atoms with Crippen LogP contribution in [0.25, 0.3) is 0 Å². The molecule has 0 aromatic heterocycles. The molecule has 0 amide bonds. The Hall–Kier alpha value is -3.79. The smallest absolute Gasteiger partial charge is 0.463 e. The van der Waals surface area contributed by atoms with Crippen molar-refractivity contribution in [3.8, 4) is 0 Å². The molecular weight excluding hydrogens is 1360 g/mol. The van der Waals surface area contributed by atoms with E-state index in [0.29, 0.717) is 19.3 Å². The first-order valence-corrected chi connectivity index (χ1v) is 45.2. The molecule has 0 bridgehead atoms. The van der Waals surface area contributed by atoms with Gasteiger partial charge in [0.25, 0.3) is 0 Å². The number of carbonyl (C=O) groups is 3. The van der Waals surface area contributed by atoms with Crippen LogP contribution < -0.4 is 0 Å². The summed E-state index contributed by atoms with van der Waals surface area (Å²) in [7, 11) is -9.79. The van der Waals surface area contributed by atoms with Crippen LogP contribution in [-0.4, -0.2) is 95.9 Å². The fraction of sp³-hybridized carbons (Fsp3) is 0.759. The van der Waals surface area contributed by atoms with Crippen LogP contribution in [0.1, 0.15) is 367 Å². The van der Waals surface area contributed by atoms with Crippen LogP contribution in [0.3, 0.4) is 0 Å². The van der Waals surface area contributed by atoms with Crippen molar-refractivity contribution in [3.63, 3.8) is 0 Å². The minimum absolute atomic E-state index is 0.0944. The highest BCUT2D eigenvalue weighted by molar-refractivity contribution is 7.47. The molecule has 0 aliphatic heterocycles. The maximum atomic E-state index is 12.9. The van der Waals surface area contributed by atoms with Crippen molar-refractivity contribution in [3.05, 3.63) is 109 Å². The summed E-state index contributed by atoms with van der Waals surface area (Å²) in [6.45, 7) is 2.61. The second-order valence-corrected chi connectivity index (χ2v) is 31.2. The third kappa shape index (κ3) is 81.0. The van der Waals surface area contributed by atoms with Crippen molar-refractivity contribution in [1.29, 1.82) is 0 Å². The van der Waals surface area contributed by atoms with Crippen LogP contribution in [0.15, 0.2) is 109 Å². The number of hydrogen-bond donors (Lipinski definition) is 4. The Balaban J connectivity index is 4.41. The van der Waals surface area contributed by atoms with Gasteiger partial charge in [-0.25, -0.2) is 9.13 Å². The van der Waals surface area contributed by atoms with Crippen molar-refractivity contribution in [2.24, 2.45) is 0 Å². The largest absolute Gasteiger partial charge is 0.472 e. The molecule has 105 heavy (non-hydrogen) atoms. The quantitative estimate of drug-likeness (QED) is 0.0146. The van der Waals surface area contributed by atoms with E-state index >= 15 is 0 Å². The predicted octanol–water partition coefficient (Wildman–Crippen LogP) is 25.1. The number of rotatable bonds is 80. The van der Waals surface area contributed by atoms with E-state index < -0.39 is 91.5 Å². The lowest BCUT2D eigenvalue weighted by molar-refractivity contribution is -0.161. The van der Waals surface area contributed by atoms with Gasteiger partial charge in [0.1, 0.15) is 25.4 Å². The molecule has 0 rings (SSSR count). The van der Waals surface area contributed by atoms with Gasteiger partial charge in [0.15, 0.2) is 6.10 Å². The first kappa shape index (κ1) is 101. The van der Waals surface area contributed by atoms with Crippen molar-refractivity contribution < 1.29 is 75.8 Å². The number of carbonyl (C=O) groups excluding carboxylic acids is 3. The van der Waals surface area contributed by atoms with Crippen LogP contribution in [0.5, 0.6) is 0 Å². The molecular formula is C87H154O16P2. The molecule has 0 aliphatic carbocycles. The van der Waals surface area contributed by atoms with Gasteiger partial charge in [-0.15, -0.1) is 0 Å². The molecule has 0 spiro atoms. The van der Waals surface area contributed by atoms with E-state index in [9.17, 15) is 43.5 Å². The highest BCUT2D eigenvalue weighted by atomic mass is 31.2. The number of phosphoric ester groups is 2. The molecule has 5 unspecified atom stereocenters. The lowest BCUT2D eigenvalue weighted by Crippen LogP contribution is -2.30. The monoisotopic (exact) mass is 1520 g/mol. The fourth-order valence-corrected chi connectivity index (χ4v) is 13.0. The molecule has 0 saturated carbocycles. The second-order valence-electron chi connectivity index (χ2n) is 28.3. The first-order chi connectivity index (χ1) is 51.2. The number of aliphatic hydroxyl groups is 2. The number of hydrogen-bond acceptors (Lipinski definition) is 14. The van der Waals surface area contributed by atoms with Gasteiger partial charge >= 0.3 is 33.6 Å². The van der Waals surface area contributed by atoms with Gasteiger partial charge < -0.3 is 34.2 Å². The van der Waals surface area contributed by atoms with Gasteiger partial charge in [-0.05, 0) is 128 Å². The molecule has 4 N–H and O–H groups in total. The minimum atomic E-state index is -4.93. The van der Waals surface area contributed by atoms with Gasteiger partial charge in [0.05, 0.1) is 26.4 Å². The zero-order chi connectivity index (χ0) is 76.6. The van der Waals surface area contributed by atoms with Crippen molar-refractivity contribution in [2.75, 3.05) is 39.6 Å². The van der Waals surface area contributed by atoms with Crippen LogP contribution in [0.4, 0.5) is 0 Å². The van der Waals surface area contributed by atoms with E-state index in [1.165, 1.54) is 180 Å². The molecule has 0 aromatic carbocycles. The second kappa shape index (κ2) is 79.8. The van der Waals surface area contributed by atoms with E-state index in [2.05, 4.69) is 130 Å². The van der Waals surface area contributed by atoms with Gasteiger partial charge in [-0.3, -0.25) is 32.5 Å². The number of esters is 3. The number of phosphoric acid groups is 2. The Bertz CT molecular complexity index is 2340. The van der Waals surface area contributed by atoms with E-state index in [1.807, 2.05) is 0 Å². The normalized spacial score (nSPS) is 14.5. The minimum Gasteiger partial charge on any atom is -0.463 e. The average molecular weight is 1520 g/mol. The summed E-state index contributed by atoms with van der Waals surface area (Å²) in [5.74, 6) is -1.58. The highest BCUT2D eigenvalue weighted by Gasteiger charge is 2.29. The maximum absolute atomic E-state index is 12.9. The molecule has 0 aromatic rings. The van der Waals surface area contributed by atoms with E-state index in [0.717, 1.165) is 128 Å². The summed E-state index contributed by atoms with van der Waals surface area (Å²) in [6.07, 6.45) is 94.4. The highest BCUT2D eigenvalue weighted by Crippen LogP contribution is 2.45. The Morgan fingerprint density at radius 1 is 0.267 bits per heavy atom. The third-order valence-electron chi connectivity index (χ3n) is 17.9. The first-order valence-electron chi connectivity index (χ1n) is 42.2. The third-order valence-corrected chi connectivity index (χ3v) is 19.8. The molecule has 5 atom stereocenters. The average Bonchev–Trinajstić information content (AvgIpc) is 0.918. The summed E-state index contributed by atoms with van der Waals surface area (Å²) in [6, 6.07) is 0. The fourth-order valence-electron chi connectivity index (χ4n) is 11.5. The molecule has 18 heteroatoms. The molecule has 0 radical (unpaired) electrons.